The van der Waals surface area contributed by atoms with Crippen LogP contribution in [0.2, 0.25) is 0 Å². The van der Waals surface area contributed by atoms with Gasteiger partial charge in [0.05, 0.1) is 6.54 Å². The molecule has 1 aromatic rings. The van der Waals surface area contributed by atoms with Gasteiger partial charge in [0.25, 0.3) is 0 Å². The Labute approximate surface area is 110 Å². The molecule has 1 N–H and O–H groups in total. The Morgan fingerprint density at radius 2 is 2.28 bits per heavy atom. The number of aryl methyl sites for hydroxylation is 1. The molecule has 0 aromatic carbocycles. The molecule has 0 saturated carbocycles. The van der Waals surface area contributed by atoms with E-state index in [2.05, 4.69) is 34.9 Å². The quantitative estimate of drug-likeness (QED) is 0.842. The van der Waals surface area contributed by atoms with E-state index in [9.17, 15) is 0 Å². The molecule has 1 fully saturated rings. The van der Waals surface area contributed by atoms with Crippen LogP contribution in [-0.2, 0) is 17.8 Å². The smallest absolute Gasteiger partial charge is 0.122 e. The summed E-state index contributed by atoms with van der Waals surface area (Å²) in [5, 5.41) is 3.61. The summed E-state index contributed by atoms with van der Waals surface area (Å²) in [4.78, 5) is 4.43. The fourth-order valence-electron chi connectivity index (χ4n) is 2.59. The fraction of sp³-hybridized carbons (Fsp3) is 0.786. The topological polar surface area (TPSA) is 39.1 Å². The van der Waals surface area contributed by atoms with E-state index < -0.39 is 0 Å². The Balaban J connectivity index is 1.80. The van der Waals surface area contributed by atoms with Crippen molar-refractivity contribution < 1.29 is 4.74 Å². The summed E-state index contributed by atoms with van der Waals surface area (Å²) in [6.07, 6.45) is 7.47. The molecule has 1 unspecified atom stereocenters. The third-order valence-electron chi connectivity index (χ3n) is 3.82. The Hall–Kier alpha value is -0.870. The number of rotatable bonds is 6. The summed E-state index contributed by atoms with van der Waals surface area (Å²) in [5.41, 5.74) is 0. The summed E-state index contributed by atoms with van der Waals surface area (Å²) in [7, 11) is 0. The molecule has 18 heavy (non-hydrogen) atoms. The number of nitrogens with one attached hydrogen (secondary N) is 1. The van der Waals surface area contributed by atoms with Crippen LogP contribution in [0.5, 0.6) is 0 Å². The van der Waals surface area contributed by atoms with E-state index in [1.807, 2.05) is 6.20 Å². The third-order valence-corrected chi connectivity index (χ3v) is 3.82. The SMILES string of the molecule is CCCn1ccnc1CNC(C)C1CCOCC1. The Bertz CT molecular complexity index is 345. The van der Waals surface area contributed by atoms with Crippen LogP contribution in [-0.4, -0.2) is 28.8 Å². The van der Waals surface area contributed by atoms with Gasteiger partial charge in [0, 0.05) is 38.2 Å². The van der Waals surface area contributed by atoms with Gasteiger partial charge in [-0.05, 0) is 32.1 Å². The largest absolute Gasteiger partial charge is 0.381 e. The highest BCUT2D eigenvalue weighted by atomic mass is 16.5. The van der Waals surface area contributed by atoms with Gasteiger partial charge >= 0.3 is 0 Å². The summed E-state index contributed by atoms with van der Waals surface area (Å²) in [6.45, 7) is 8.24. The Morgan fingerprint density at radius 1 is 1.50 bits per heavy atom. The van der Waals surface area contributed by atoms with Gasteiger partial charge in [-0.3, -0.25) is 0 Å². The number of imidazole rings is 1. The van der Waals surface area contributed by atoms with Gasteiger partial charge in [-0.2, -0.15) is 0 Å². The zero-order chi connectivity index (χ0) is 12.8. The molecule has 102 valence electrons. The molecule has 0 amide bonds. The maximum atomic E-state index is 5.41. The molecule has 1 saturated heterocycles. The van der Waals surface area contributed by atoms with Gasteiger partial charge in [0.1, 0.15) is 5.82 Å². The minimum atomic E-state index is 0.542. The fourth-order valence-corrected chi connectivity index (χ4v) is 2.59. The lowest BCUT2D eigenvalue weighted by atomic mass is 9.93. The van der Waals surface area contributed by atoms with Crippen molar-refractivity contribution in [2.75, 3.05) is 13.2 Å². The van der Waals surface area contributed by atoms with Crippen molar-refractivity contribution >= 4 is 0 Å². The first-order valence-corrected chi connectivity index (χ1v) is 7.12. The standard InChI is InChI=1S/C14H25N3O/c1-3-7-17-8-6-15-14(17)11-16-12(2)13-4-9-18-10-5-13/h6,8,12-13,16H,3-5,7,9-11H2,1-2H3. The molecule has 0 spiro atoms. The van der Waals surface area contributed by atoms with Crippen LogP contribution >= 0.6 is 0 Å². The van der Waals surface area contributed by atoms with Gasteiger partial charge in [0.2, 0.25) is 0 Å². The summed E-state index contributed by atoms with van der Waals surface area (Å²) < 4.78 is 7.65. The van der Waals surface area contributed by atoms with Crippen LogP contribution < -0.4 is 5.32 Å². The lowest BCUT2D eigenvalue weighted by Crippen LogP contribution is -2.36. The van der Waals surface area contributed by atoms with Crippen molar-refractivity contribution in [2.24, 2.45) is 5.92 Å². The number of ether oxygens (including phenoxy) is 1. The van der Waals surface area contributed by atoms with Crippen LogP contribution in [0.25, 0.3) is 0 Å². The van der Waals surface area contributed by atoms with Gasteiger partial charge in [0.15, 0.2) is 0 Å². The normalized spacial score (nSPS) is 19.0. The van der Waals surface area contributed by atoms with Crippen LogP contribution in [0.1, 0.15) is 38.9 Å². The number of hydrogen-bond acceptors (Lipinski definition) is 3. The molecule has 1 aromatic heterocycles. The van der Waals surface area contributed by atoms with Crippen molar-refractivity contribution in [3.05, 3.63) is 18.2 Å². The average molecular weight is 251 g/mol. The first-order valence-electron chi connectivity index (χ1n) is 7.12. The highest BCUT2D eigenvalue weighted by Crippen LogP contribution is 2.18. The molecule has 1 atom stereocenters. The van der Waals surface area contributed by atoms with E-state index in [0.717, 1.165) is 44.5 Å². The second-order valence-electron chi connectivity index (χ2n) is 5.16. The van der Waals surface area contributed by atoms with Crippen LogP contribution in [0.3, 0.4) is 0 Å². The van der Waals surface area contributed by atoms with Crippen molar-refractivity contribution in [1.82, 2.24) is 14.9 Å². The number of aromatic nitrogens is 2. The Kier molecular flexibility index (Phi) is 5.20. The van der Waals surface area contributed by atoms with E-state index in [4.69, 9.17) is 4.74 Å². The van der Waals surface area contributed by atoms with E-state index in [1.165, 1.54) is 12.8 Å². The Morgan fingerprint density at radius 3 is 3.00 bits per heavy atom. The van der Waals surface area contributed by atoms with Gasteiger partial charge in [-0.1, -0.05) is 6.92 Å². The molecule has 1 aliphatic heterocycles. The lowest BCUT2D eigenvalue weighted by molar-refractivity contribution is 0.0556. The summed E-state index contributed by atoms with van der Waals surface area (Å²) >= 11 is 0. The minimum absolute atomic E-state index is 0.542. The molecule has 4 heteroatoms. The lowest BCUT2D eigenvalue weighted by Gasteiger charge is -2.28. The molecule has 2 rings (SSSR count). The second-order valence-corrected chi connectivity index (χ2v) is 5.16. The van der Waals surface area contributed by atoms with Crippen molar-refractivity contribution in [2.45, 2.75) is 52.2 Å². The van der Waals surface area contributed by atoms with E-state index >= 15 is 0 Å². The monoisotopic (exact) mass is 251 g/mol. The van der Waals surface area contributed by atoms with Crippen molar-refractivity contribution in [1.29, 1.82) is 0 Å². The molecule has 4 nitrogen and oxygen atoms in total. The van der Waals surface area contributed by atoms with Gasteiger partial charge < -0.3 is 14.6 Å². The first kappa shape index (κ1) is 13.6. The van der Waals surface area contributed by atoms with E-state index in [0.29, 0.717) is 6.04 Å². The van der Waals surface area contributed by atoms with Crippen LogP contribution in [0, 0.1) is 5.92 Å². The zero-order valence-electron chi connectivity index (χ0n) is 11.6. The highest BCUT2D eigenvalue weighted by molar-refractivity contribution is 4.92. The molecular weight excluding hydrogens is 226 g/mol. The average Bonchev–Trinajstić information content (AvgIpc) is 2.85. The number of nitrogens with zero attached hydrogens (tertiary/aromatic N) is 2. The summed E-state index contributed by atoms with van der Waals surface area (Å²) in [6, 6.07) is 0.542. The van der Waals surface area contributed by atoms with Crippen LogP contribution in [0.4, 0.5) is 0 Å². The van der Waals surface area contributed by atoms with Crippen molar-refractivity contribution in [3.63, 3.8) is 0 Å². The second kappa shape index (κ2) is 6.90. The third kappa shape index (κ3) is 3.56. The van der Waals surface area contributed by atoms with Gasteiger partial charge in [-0.15, -0.1) is 0 Å². The molecule has 0 aliphatic carbocycles. The molecule has 0 radical (unpaired) electrons. The van der Waals surface area contributed by atoms with E-state index in [-0.39, 0.29) is 0 Å². The van der Waals surface area contributed by atoms with Crippen LogP contribution in [0.15, 0.2) is 12.4 Å². The molecular formula is C14H25N3O. The molecule has 0 bridgehead atoms. The maximum absolute atomic E-state index is 5.41. The first-order chi connectivity index (χ1) is 8.81. The predicted octanol–water partition coefficient (Wildman–Crippen LogP) is 2.20. The van der Waals surface area contributed by atoms with Crippen molar-refractivity contribution in [3.8, 4) is 0 Å². The van der Waals surface area contributed by atoms with E-state index in [1.54, 1.807) is 0 Å². The number of hydrogen-bond donors (Lipinski definition) is 1. The predicted molar refractivity (Wildman–Crippen MR) is 72.4 cm³/mol. The van der Waals surface area contributed by atoms with Gasteiger partial charge in [-0.25, -0.2) is 4.98 Å². The molecule has 2 heterocycles. The summed E-state index contributed by atoms with van der Waals surface area (Å²) in [5.74, 6) is 1.89. The minimum Gasteiger partial charge on any atom is -0.381 e. The maximum Gasteiger partial charge on any atom is 0.122 e. The highest BCUT2D eigenvalue weighted by Gasteiger charge is 2.20. The molecule has 1 aliphatic rings. The zero-order valence-corrected chi connectivity index (χ0v) is 11.6.